The molecule has 0 amide bonds. The van der Waals surface area contributed by atoms with Crippen LogP contribution in [0.4, 0.5) is 0 Å². The van der Waals surface area contributed by atoms with Gasteiger partial charge in [0.1, 0.15) is 0 Å². The Balaban J connectivity index is 2.29. The molecule has 0 spiro atoms. The van der Waals surface area contributed by atoms with Crippen LogP contribution < -0.4 is 5.32 Å². The van der Waals surface area contributed by atoms with Gasteiger partial charge in [0.15, 0.2) is 0 Å². The van der Waals surface area contributed by atoms with Crippen LogP contribution in [0.5, 0.6) is 0 Å². The molecular formula is C18H26N2. The molecule has 20 heavy (non-hydrogen) atoms. The van der Waals surface area contributed by atoms with Crippen molar-refractivity contribution >= 4 is 10.9 Å². The van der Waals surface area contributed by atoms with Gasteiger partial charge < -0.3 is 5.32 Å². The highest BCUT2D eigenvalue weighted by atomic mass is 14.9. The van der Waals surface area contributed by atoms with Crippen molar-refractivity contribution in [2.24, 2.45) is 0 Å². The SMILES string of the molecule is CCNC(C)CC(C)(C)c1ccc2nc(C)ccc2c1. The third-order valence-corrected chi connectivity index (χ3v) is 3.98. The molecule has 0 aliphatic carbocycles. The minimum Gasteiger partial charge on any atom is -0.315 e. The molecule has 2 aromatic rings. The van der Waals surface area contributed by atoms with Crippen molar-refractivity contribution in [3.8, 4) is 0 Å². The lowest BCUT2D eigenvalue weighted by atomic mass is 9.79. The van der Waals surface area contributed by atoms with Gasteiger partial charge in [-0.2, -0.15) is 0 Å². The van der Waals surface area contributed by atoms with Crippen molar-refractivity contribution < 1.29 is 0 Å². The van der Waals surface area contributed by atoms with Crippen molar-refractivity contribution in [3.05, 3.63) is 41.6 Å². The maximum atomic E-state index is 4.58. The monoisotopic (exact) mass is 270 g/mol. The first-order valence-electron chi connectivity index (χ1n) is 7.53. The standard InChI is InChI=1S/C18H26N2/c1-6-19-14(3)12-18(4,5)16-9-10-17-15(11-16)8-7-13(2)20-17/h7-11,14,19H,6,12H2,1-5H3. The summed E-state index contributed by atoms with van der Waals surface area (Å²) in [6.07, 6.45) is 1.13. The number of hydrogen-bond donors (Lipinski definition) is 1. The first kappa shape index (κ1) is 15.0. The lowest BCUT2D eigenvalue weighted by Gasteiger charge is -2.29. The van der Waals surface area contributed by atoms with Gasteiger partial charge in [0, 0.05) is 17.1 Å². The molecule has 1 aromatic carbocycles. The van der Waals surface area contributed by atoms with E-state index in [4.69, 9.17) is 0 Å². The van der Waals surface area contributed by atoms with Gasteiger partial charge in [-0.15, -0.1) is 0 Å². The highest BCUT2D eigenvalue weighted by Gasteiger charge is 2.23. The fraction of sp³-hybridized carbons (Fsp3) is 0.500. The second kappa shape index (κ2) is 5.92. The van der Waals surface area contributed by atoms with E-state index in [1.54, 1.807) is 0 Å². The van der Waals surface area contributed by atoms with E-state index in [0.717, 1.165) is 24.2 Å². The number of hydrogen-bond acceptors (Lipinski definition) is 2. The Hall–Kier alpha value is -1.41. The second-order valence-corrected chi connectivity index (χ2v) is 6.41. The number of rotatable bonds is 5. The smallest absolute Gasteiger partial charge is 0.0705 e. The molecule has 1 aromatic heterocycles. The maximum absolute atomic E-state index is 4.58. The van der Waals surface area contributed by atoms with Gasteiger partial charge in [-0.25, -0.2) is 0 Å². The Bertz CT molecular complexity index is 587. The molecule has 2 heteroatoms. The van der Waals surface area contributed by atoms with Crippen LogP contribution in [0.3, 0.4) is 0 Å². The Morgan fingerprint density at radius 2 is 1.95 bits per heavy atom. The quantitative estimate of drug-likeness (QED) is 0.880. The zero-order valence-electron chi connectivity index (χ0n) is 13.3. The molecule has 0 saturated carbocycles. The molecule has 1 heterocycles. The molecule has 1 unspecified atom stereocenters. The number of fused-ring (bicyclic) bond motifs is 1. The van der Waals surface area contributed by atoms with E-state index >= 15 is 0 Å². The van der Waals surface area contributed by atoms with E-state index in [2.05, 4.69) is 68.3 Å². The summed E-state index contributed by atoms with van der Waals surface area (Å²) in [6, 6.07) is 11.5. The molecule has 0 saturated heterocycles. The van der Waals surface area contributed by atoms with Gasteiger partial charge >= 0.3 is 0 Å². The summed E-state index contributed by atoms with van der Waals surface area (Å²) >= 11 is 0. The van der Waals surface area contributed by atoms with Crippen LogP contribution in [0.1, 0.15) is 45.4 Å². The second-order valence-electron chi connectivity index (χ2n) is 6.41. The van der Waals surface area contributed by atoms with Crippen LogP contribution in [0, 0.1) is 6.92 Å². The lowest BCUT2D eigenvalue weighted by Crippen LogP contribution is -2.33. The molecular weight excluding hydrogens is 244 g/mol. The summed E-state index contributed by atoms with van der Waals surface area (Å²) in [5.74, 6) is 0. The average Bonchev–Trinajstić information content (AvgIpc) is 2.37. The normalized spacial score (nSPS) is 13.7. The van der Waals surface area contributed by atoms with Crippen LogP contribution >= 0.6 is 0 Å². The fourth-order valence-electron chi connectivity index (χ4n) is 2.95. The van der Waals surface area contributed by atoms with Gasteiger partial charge in [-0.1, -0.05) is 32.9 Å². The van der Waals surface area contributed by atoms with Gasteiger partial charge in [0.2, 0.25) is 0 Å². The topological polar surface area (TPSA) is 24.9 Å². The van der Waals surface area contributed by atoms with E-state index < -0.39 is 0 Å². The number of nitrogens with one attached hydrogen (secondary N) is 1. The summed E-state index contributed by atoms with van der Waals surface area (Å²) in [7, 11) is 0. The third-order valence-electron chi connectivity index (χ3n) is 3.98. The molecule has 0 aliphatic heterocycles. The van der Waals surface area contributed by atoms with Gasteiger partial charge in [-0.05, 0) is 56.0 Å². The summed E-state index contributed by atoms with van der Waals surface area (Å²) in [6.45, 7) is 12.1. The van der Waals surface area contributed by atoms with E-state index in [9.17, 15) is 0 Å². The van der Waals surface area contributed by atoms with Gasteiger partial charge in [-0.3, -0.25) is 4.98 Å². The van der Waals surface area contributed by atoms with Crippen molar-refractivity contribution in [2.45, 2.75) is 52.5 Å². The van der Waals surface area contributed by atoms with E-state index in [1.807, 2.05) is 6.92 Å². The summed E-state index contributed by atoms with van der Waals surface area (Å²) in [4.78, 5) is 4.58. The van der Waals surface area contributed by atoms with Crippen molar-refractivity contribution in [2.75, 3.05) is 6.54 Å². The van der Waals surface area contributed by atoms with Crippen LogP contribution in [0.2, 0.25) is 0 Å². The minimum atomic E-state index is 0.167. The zero-order chi connectivity index (χ0) is 14.8. The Labute approximate surface area is 122 Å². The highest BCUT2D eigenvalue weighted by molar-refractivity contribution is 5.79. The molecule has 108 valence electrons. The first-order chi connectivity index (χ1) is 9.42. The molecule has 2 rings (SSSR count). The number of pyridine rings is 1. The Morgan fingerprint density at radius 3 is 2.65 bits per heavy atom. The van der Waals surface area contributed by atoms with Gasteiger partial charge in [0.25, 0.3) is 0 Å². The van der Waals surface area contributed by atoms with Gasteiger partial charge in [0.05, 0.1) is 5.52 Å². The van der Waals surface area contributed by atoms with Crippen molar-refractivity contribution in [1.29, 1.82) is 0 Å². The molecule has 0 radical (unpaired) electrons. The van der Waals surface area contributed by atoms with Crippen molar-refractivity contribution in [1.82, 2.24) is 10.3 Å². The van der Waals surface area contributed by atoms with Crippen molar-refractivity contribution in [3.63, 3.8) is 0 Å². The predicted octanol–water partition coefficient (Wildman–Crippen LogP) is 4.21. The number of aromatic nitrogens is 1. The first-order valence-corrected chi connectivity index (χ1v) is 7.53. The Kier molecular flexibility index (Phi) is 4.44. The van der Waals surface area contributed by atoms with Crippen LogP contribution in [-0.4, -0.2) is 17.6 Å². The largest absolute Gasteiger partial charge is 0.315 e. The summed E-state index contributed by atoms with van der Waals surface area (Å²) in [5.41, 5.74) is 3.72. The lowest BCUT2D eigenvalue weighted by molar-refractivity contribution is 0.394. The third kappa shape index (κ3) is 3.37. The number of benzene rings is 1. The summed E-state index contributed by atoms with van der Waals surface area (Å²) in [5, 5.41) is 4.74. The molecule has 0 bridgehead atoms. The summed E-state index contributed by atoms with van der Waals surface area (Å²) < 4.78 is 0. The number of nitrogens with zero attached hydrogens (tertiary/aromatic N) is 1. The maximum Gasteiger partial charge on any atom is 0.0705 e. The molecule has 1 atom stereocenters. The Morgan fingerprint density at radius 1 is 1.20 bits per heavy atom. The van der Waals surface area contributed by atoms with Crippen LogP contribution in [0.15, 0.2) is 30.3 Å². The minimum absolute atomic E-state index is 0.167. The number of aryl methyl sites for hydroxylation is 1. The zero-order valence-corrected chi connectivity index (χ0v) is 13.3. The van der Waals surface area contributed by atoms with E-state index in [0.29, 0.717) is 6.04 Å². The highest BCUT2D eigenvalue weighted by Crippen LogP contribution is 2.30. The van der Waals surface area contributed by atoms with E-state index in [-0.39, 0.29) is 5.41 Å². The molecule has 1 N–H and O–H groups in total. The van der Waals surface area contributed by atoms with Crippen LogP contribution in [0.25, 0.3) is 10.9 Å². The molecule has 0 aliphatic rings. The predicted molar refractivity (Wildman–Crippen MR) is 87.3 cm³/mol. The molecule has 2 nitrogen and oxygen atoms in total. The average molecular weight is 270 g/mol. The molecule has 0 fully saturated rings. The fourth-order valence-corrected chi connectivity index (χ4v) is 2.95. The van der Waals surface area contributed by atoms with Crippen LogP contribution in [-0.2, 0) is 5.41 Å². The van der Waals surface area contributed by atoms with E-state index in [1.165, 1.54) is 10.9 Å².